The number of aromatic nitrogens is 8. The summed E-state index contributed by atoms with van der Waals surface area (Å²) in [4.78, 5) is 58.8. The third kappa shape index (κ3) is 3.43. The minimum atomic E-state index is -0.512. The lowest BCUT2D eigenvalue weighted by molar-refractivity contribution is 0.663. The van der Waals surface area contributed by atoms with E-state index in [1.54, 1.807) is 50.3 Å². The molecule has 0 N–H and O–H groups in total. The van der Waals surface area contributed by atoms with Crippen molar-refractivity contribution in [3.8, 4) is 11.8 Å². The first-order chi connectivity index (χ1) is 15.6. The van der Waals surface area contributed by atoms with Crippen LogP contribution in [0.5, 0.6) is 0 Å². The summed E-state index contributed by atoms with van der Waals surface area (Å²) in [6.45, 7) is 1.63. The molecular formula is C21H22N8O4. The highest BCUT2D eigenvalue weighted by Gasteiger charge is 2.15. The van der Waals surface area contributed by atoms with Crippen LogP contribution in [0.4, 0.5) is 0 Å². The molecule has 0 saturated carbocycles. The van der Waals surface area contributed by atoms with Crippen LogP contribution in [0, 0.1) is 11.8 Å². The summed E-state index contributed by atoms with van der Waals surface area (Å²) < 4.78 is 7.90. The van der Waals surface area contributed by atoms with Gasteiger partial charge >= 0.3 is 11.4 Å². The maximum absolute atomic E-state index is 12.8. The van der Waals surface area contributed by atoms with E-state index in [1.165, 1.54) is 21.8 Å². The zero-order chi connectivity index (χ0) is 24.0. The molecule has 0 unspecified atom stereocenters. The Bertz CT molecular complexity index is 1760. The minimum absolute atomic E-state index is 0.0236. The molecule has 4 aromatic heterocycles. The smallest absolute Gasteiger partial charge is 0.328 e. The Morgan fingerprint density at radius 3 is 1.88 bits per heavy atom. The fraction of sp³-hybridized carbons (Fsp3) is 0.333. The van der Waals surface area contributed by atoms with Crippen LogP contribution in [-0.4, -0.2) is 37.4 Å². The van der Waals surface area contributed by atoms with Crippen LogP contribution in [0.25, 0.3) is 22.3 Å². The number of hydrogen-bond donors (Lipinski definition) is 0. The summed E-state index contributed by atoms with van der Waals surface area (Å²) in [5.41, 5.74) is -0.0491. The fourth-order valence-corrected chi connectivity index (χ4v) is 3.63. The lowest BCUT2D eigenvalue weighted by atomic mass is 10.3. The zero-order valence-electron chi connectivity index (χ0n) is 18.9. The maximum Gasteiger partial charge on any atom is 0.333 e. The van der Waals surface area contributed by atoms with Gasteiger partial charge in [0.05, 0.1) is 25.7 Å². The van der Waals surface area contributed by atoms with Crippen LogP contribution in [-0.2, 0) is 41.3 Å². The molecule has 0 aliphatic heterocycles. The molecule has 0 fully saturated rings. The SMILES string of the molecule is C/C(C#CCn1c(=O)c2c(ncn2C)n(C)c1=O)=C\Cn1c(=O)c2c(ncn2C)n(C)c1=O. The second-order valence-corrected chi connectivity index (χ2v) is 7.73. The molecule has 4 aromatic rings. The highest BCUT2D eigenvalue weighted by molar-refractivity contribution is 5.70. The van der Waals surface area contributed by atoms with Gasteiger partial charge in [-0.05, 0) is 12.5 Å². The molecule has 0 aliphatic rings. The Labute approximate surface area is 186 Å². The topological polar surface area (TPSA) is 124 Å². The van der Waals surface area contributed by atoms with Gasteiger partial charge in [-0.3, -0.25) is 23.3 Å². The van der Waals surface area contributed by atoms with E-state index >= 15 is 0 Å². The average molecular weight is 450 g/mol. The van der Waals surface area contributed by atoms with Gasteiger partial charge in [-0.2, -0.15) is 0 Å². The minimum Gasteiger partial charge on any atom is -0.328 e. The lowest BCUT2D eigenvalue weighted by Crippen LogP contribution is -2.39. The van der Waals surface area contributed by atoms with Gasteiger partial charge in [0, 0.05) is 28.2 Å². The van der Waals surface area contributed by atoms with Crippen molar-refractivity contribution in [2.24, 2.45) is 28.2 Å². The van der Waals surface area contributed by atoms with Crippen molar-refractivity contribution in [1.29, 1.82) is 0 Å². The Kier molecular flexibility index (Phi) is 5.25. The van der Waals surface area contributed by atoms with E-state index < -0.39 is 22.5 Å². The van der Waals surface area contributed by atoms with Gasteiger partial charge < -0.3 is 9.13 Å². The van der Waals surface area contributed by atoms with Crippen molar-refractivity contribution < 1.29 is 0 Å². The number of aryl methyl sites for hydroxylation is 4. The molecule has 0 saturated heterocycles. The molecular weight excluding hydrogens is 428 g/mol. The summed E-state index contributed by atoms with van der Waals surface area (Å²) in [6.07, 6.45) is 4.60. The number of allylic oxidation sites excluding steroid dienone is 2. The van der Waals surface area contributed by atoms with Gasteiger partial charge in [0.25, 0.3) is 11.1 Å². The first-order valence-electron chi connectivity index (χ1n) is 10.0. The second kappa shape index (κ2) is 7.94. The molecule has 12 nitrogen and oxygen atoms in total. The van der Waals surface area contributed by atoms with Crippen molar-refractivity contribution in [3.63, 3.8) is 0 Å². The van der Waals surface area contributed by atoms with E-state index in [2.05, 4.69) is 21.8 Å². The zero-order valence-corrected chi connectivity index (χ0v) is 18.9. The van der Waals surface area contributed by atoms with Crippen LogP contribution >= 0.6 is 0 Å². The lowest BCUT2D eigenvalue weighted by Gasteiger charge is -2.06. The Balaban J connectivity index is 1.64. The average Bonchev–Trinajstić information content (AvgIpc) is 3.36. The Morgan fingerprint density at radius 2 is 1.33 bits per heavy atom. The van der Waals surface area contributed by atoms with Crippen LogP contribution in [0.15, 0.2) is 43.5 Å². The molecule has 4 heterocycles. The molecule has 12 heteroatoms. The quantitative estimate of drug-likeness (QED) is 0.363. The van der Waals surface area contributed by atoms with E-state index in [0.717, 1.165) is 9.13 Å². The largest absolute Gasteiger partial charge is 0.333 e. The van der Waals surface area contributed by atoms with Crippen molar-refractivity contribution in [2.75, 3.05) is 0 Å². The molecule has 170 valence electrons. The summed E-state index contributed by atoms with van der Waals surface area (Å²) in [5, 5.41) is 0. The summed E-state index contributed by atoms with van der Waals surface area (Å²) in [7, 11) is 6.47. The van der Waals surface area contributed by atoms with Crippen LogP contribution in [0.3, 0.4) is 0 Å². The van der Waals surface area contributed by atoms with Gasteiger partial charge in [-0.1, -0.05) is 17.9 Å². The molecule has 0 radical (unpaired) electrons. The van der Waals surface area contributed by atoms with Crippen molar-refractivity contribution in [3.05, 3.63) is 66.0 Å². The highest BCUT2D eigenvalue weighted by Crippen LogP contribution is 2.04. The standard InChI is InChI=1S/C21H22N8O4/c1-13(8-10-29-19(31)15-17(23-12-25(15)3)27(5)21(29)33)7-6-9-28-18(30)14-16(22-11-24(14)2)26(4)20(28)32/h8,11-12H,9-10H2,1-5H3/b13-8+. The van der Waals surface area contributed by atoms with Crippen molar-refractivity contribution in [1.82, 2.24) is 37.4 Å². The van der Waals surface area contributed by atoms with Gasteiger partial charge in [0.2, 0.25) is 0 Å². The number of rotatable bonds is 3. The summed E-state index contributed by atoms with van der Waals surface area (Å²) >= 11 is 0. The van der Waals surface area contributed by atoms with Gasteiger partial charge in [0.15, 0.2) is 22.3 Å². The van der Waals surface area contributed by atoms with Crippen molar-refractivity contribution >= 4 is 22.3 Å². The maximum atomic E-state index is 12.8. The fourth-order valence-electron chi connectivity index (χ4n) is 3.63. The molecule has 0 spiro atoms. The first kappa shape index (κ1) is 21.8. The predicted octanol–water partition coefficient (Wildman–Crippen LogP) is -1.17. The third-order valence-electron chi connectivity index (χ3n) is 5.50. The summed E-state index contributed by atoms with van der Waals surface area (Å²) in [6, 6.07) is 0. The normalized spacial score (nSPS) is 11.8. The van der Waals surface area contributed by atoms with Crippen LogP contribution < -0.4 is 22.5 Å². The monoisotopic (exact) mass is 450 g/mol. The molecule has 4 rings (SSSR count). The highest BCUT2D eigenvalue weighted by atomic mass is 16.2. The number of imidazole rings is 2. The Morgan fingerprint density at radius 1 is 0.848 bits per heavy atom. The number of fused-ring (bicyclic) bond motifs is 2. The molecule has 0 atom stereocenters. The molecule has 0 aliphatic carbocycles. The molecule has 0 amide bonds. The van der Waals surface area contributed by atoms with E-state index in [9.17, 15) is 19.2 Å². The third-order valence-corrected chi connectivity index (χ3v) is 5.50. The van der Waals surface area contributed by atoms with E-state index in [4.69, 9.17) is 0 Å². The van der Waals surface area contributed by atoms with E-state index in [1.807, 2.05) is 0 Å². The molecule has 33 heavy (non-hydrogen) atoms. The second-order valence-electron chi connectivity index (χ2n) is 7.73. The van der Waals surface area contributed by atoms with Gasteiger partial charge in [0.1, 0.15) is 0 Å². The van der Waals surface area contributed by atoms with Gasteiger partial charge in [-0.15, -0.1) is 0 Å². The van der Waals surface area contributed by atoms with E-state index in [0.29, 0.717) is 27.9 Å². The first-order valence-corrected chi connectivity index (χ1v) is 10.0. The van der Waals surface area contributed by atoms with Gasteiger partial charge in [-0.25, -0.2) is 24.1 Å². The number of nitrogens with zero attached hydrogens (tertiary/aromatic N) is 8. The number of hydrogen-bond acceptors (Lipinski definition) is 6. The predicted molar refractivity (Wildman–Crippen MR) is 122 cm³/mol. The molecule has 0 aromatic carbocycles. The van der Waals surface area contributed by atoms with E-state index in [-0.39, 0.29) is 13.1 Å². The van der Waals surface area contributed by atoms with Crippen LogP contribution in [0.2, 0.25) is 0 Å². The Hall–Kier alpha value is -4.40. The molecule has 0 bridgehead atoms. The van der Waals surface area contributed by atoms with Crippen molar-refractivity contribution in [2.45, 2.75) is 20.0 Å². The summed E-state index contributed by atoms with van der Waals surface area (Å²) in [5.74, 6) is 5.68. The van der Waals surface area contributed by atoms with Crippen LogP contribution in [0.1, 0.15) is 6.92 Å².